The minimum Gasteiger partial charge on any atom is -0.461 e. The first kappa shape index (κ1) is 5.74. The molecule has 5 heteroatoms. The minimum absolute atomic E-state index is 0.248. The summed E-state index contributed by atoms with van der Waals surface area (Å²) in [5.41, 5.74) is 0. The standard InChI is InChI=1S/C4H5N3O2/c1-9-4(8)3-5-2-6-7-3/h2H,1H3,(H,5,6,7)/p+1. The lowest BCUT2D eigenvalue weighted by Crippen LogP contribution is -2.14. The number of nitrogens with one attached hydrogen (secondary N) is 2. The molecule has 0 fully saturated rings. The van der Waals surface area contributed by atoms with Crippen LogP contribution in [0.5, 0.6) is 0 Å². The molecule has 5 nitrogen and oxygen atoms in total. The van der Waals surface area contributed by atoms with Gasteiger partial charge in [-0.2, -0.15) is 0 Å². The van der Waals surface area contributed by atoms with Crippen LogP contribution in [0.4, 0.5) is 0 Å². The van der Waals surface area contributed by atoms with Crippen LogP contribution in [0, 0.1) is 0 Å². The van der Waals surface area contributed by atoms with Gasteiger partial charge in [-0.3, -0.25) is 0 Å². The highest BCUT2D eigenvalue weighted by Crippen LogP contribution is 1.81. The Morgan fingerprint density at radius 2 is 2.78 bits per heavy atom. The quantitative estimate of drug-likeness (QED) is 0.494. The van der Waals surface area contributed by atoms with Gasteiger partial charge in [0.1, 0.15) is 0 Å². The molecule has 0 unspecified atom stereocenters. The van der Waals surface area contributed by atoms with E-state index in [9.17, 15) is 4.79 Å². The largest absolute Gasteiger partial charge is 0.461 e. The zero-order valence-corrected chi connectivity index (χ0v) is 4.84. The number of methoxy groups -OCH3 is 1. The third-order valence-electron chi connectivity index (χ3n) is 0.839. The molecule has 1 aromatic rings. The minimum atomic E-state index is -0.451. The third-order valence-corrected chi connectivity index (χ3v) is 0.839. The lowest BCUT2D eigenvalue weighted by atomic mass is 10.6. The Labute approximate surface area is 51.1 Å². The van der Waals surface area contributed by atoms with Crippen molar-refractivity contribution in [3.8, 4) is 0 Å². The summed E-state index contributed by atoms with van der Waals surface area (Å²) in [5, 5.41) is 5.92. The molecule has 48 valence electrons. The number of hydrogen-bond acceptors (Lipinski definition) is 3. The molecule has 0 spiro atoms. The van der Waals surface area contributed by atoms with Gasteiger partial charge < -0.3 is 4.74 Å². The third kappa shape index (κ3) is 1.04. The smallest absolute Gasteiger partial charge is 0.407 e. The number of H-pyrrole nitrogens is 2. The van der Waals surface area contributed by atoms with E-state index in [-0.39, 0.29) is 5.82 Å². The zero-order chi connectivity index (χ0) is 6.69. The molecule has 1 aromatic heterocycles. The first-order valence-electron chi connectivity index (χ1n) is 2.34. The molecule has 0 aliphatic carbocycles. The molecule has 1 rings (SSSR count). The van der Waals surface area contributed by atoms with E-state index >= 15 is 0 Å². The molecule has 0 atom stereocenters. The fraction of sp³-hybridized carbons (Fsp3) is 0.250. The fourth-order valence-corrected chi connectivity index (χ4v) is 0.433. The summed E-state index contributed by atoms with van der Waals surface area (Å²) in [5.74, 6) is -0.204. The van der Waals surface area contributed by atoms with Gasteiger partial charge in [-0.05, 0) is 0 Å². The van der Waals surface area contributed by atoms with Crippen LogP contribution >= 0.6 is 0 Å². The van der Waals surface area contributed by atoms with Crippen molar-refractivity contribution in [1.82, 2.24) is 10.2 Å². The van der Waals surface area contributed by atoms with E-state index in [1.54, 1.807) is 0 Å². The predicted molar refractivity (Wildman–Crippen MR) is 26.5 cm³/mol. The Bertz CT molecular complexity index is 194. The topological polar surface area (TPSA) is 69.1 Å². The highest BCUT2D eigenvalue weighted by atomic mass is 16.5. The number of aromatic nitrogens is 3. The second-order valence-corrected chi connectivity index (χ2v) is 1.38. The Kier molecular flexibility index (Phi) is 1.44. The number of carbonyl (C=O) groups is 1. The molecule has 0 amide bonds. The summed E-state index contributed by atoms with van der Waals surface area (Å²) < 4.78 is 4.35. The van der Waals surface area contributed by atoms with Crippen molar-refractivity contribution in [1.29, 1.82) is 0 Å². The van der Waals surface area contributed by atoms with E-state index in [2.05, 4.69) is 19.9 Å². The summed E-state index contributed by atoms with van der Waals surface area (Å²) in [6.45, 7) is 0. The van der Waals surface area contributed by atoms with E-state index in [0.29, 0.717) is 0 Å². The Hall–Kier alpha value is -1.39. The Morgan fingerprint density at radius 3 is 3.22 bits per heavy atom. The number of esters is 1. The molecule has 0 aromatic carbocycles. The van der Waals surface area contributed by atoms with Gasteiger partial charge in [-0.25, -0.2) is 9.78 Å². The maximum Gasteiger partial charge on any atom is 0.407 e. The Morgan fingerprint density at radius 1 is 2.00 bits per heavy atom. The van der Waals surface area contributed by atoms with Crippen LogP contribution in [0.1, 0.15) is 10.6 Å². The molecule has 0 aliphatic heterocycles. The number of hydrogen-bond donors (Lipinski definition) is 1. The second kappa shape index (κ2) is 2.25. The van der Waals surface area contributed by atoms with Crippen molar-refractivity contribution in [3.63, 3.8) is 0 Å². The van der Waals surface area contributed by atoms with Crippen LogP contribution in [0.15, 0.2) is 6.33 Å². The summed E-state index contributed by atoms with van der Waals surface area (Å²) in [7, 11) is 1.30. The fourth-order valence-electron chi connectivity index (χ4n) is 0.433. The predicted octanol–water partition coefficient (Wildman–Crippen LogP) is -0.990. The van der Waals surface area contributed by atoms with Gasteiger partial charge in [-0.1, -0.05) is 0 Å². The van der Waals surface area contributed by atoms with Crippen LogP contribution in [-0.2, 0) is 4.74 Å². The maximum absolute atomic E-state index is 10.5. The van der Waals surface area contributed by atoms with Gasteiger partial charge in [0.25, 0.3) is 6.33 Å². The molecule has 1 heterocycles. The number of aromatic amines is 2. The van der Waals surface area contributed by atoms with E-state index in [0.717, 1.165) is 0 Å². The summed E-state index contributed by atoms with van der Waals surface area (Å²) in [6, 6.07) is 0. The van der Waals surface area contributed by atoms with Gasteiger partial charge in [0.15, 0.2) is 0 Å². The molecule has 0 saturated carbocycles. The average Bonchev–Trinajstić information content (AvgIpc) is 2.37. The van der Waals surface area contributed by atoms with Crippen molar-refractivity contribution in [2.45, 2.75) is 0 Å². The first-order valence-corrected chi connectivity index (χ1v) is 2.34. The molecule has 0 saturated heterocycles. The van der Waals surface area contributed by atoms with Crippen LogP contribution in [0.3, 0.4) is 0 Å². The van der Waals surface area contributed by atoms with Crippen molar-refractivity contribution >= 4 is 5.97 Å². The highest BCUT2D eigenvalue weighted by molar-refractivity contribution is 5.83. The number of nitrogens with zero attached hydrogens (tertiary/aromatic N) is 1. The summed E-state index contributed by atoms with van der Waals surface area (Å²) >= 11 is 0. The van der Waals surface area contributed by atoms with E-state index < -0.39 is 5.97 Å². The van der Waals surface area contributed by atoms with Crippen LogP contribution in [0.25, 0.3) is 0 Å². The highest BCUT2D eigenvalue weighted by Gasteiger charge is 2.12. The number of ether oxygens (including phenoxy) is 1. The van der Waals surface area contributed by atoms with Crippen molar-refractivity contribution in [2.75, 3.05) is 7.11 Å². The van der Waals surface area contributed by atoms with Gasteiger partial charge in [0, 0.05) is 5.10 Å². The van der Waals surface area contributed by atoms with Gasteiger partial charge in [-0.15, -0.1) is 5.10 Å². The molecule has 0 bridgehead atoms. The van der Waals surface area contributed by atoms with Gasteiger partial charge in [0.05, 0.1) is 7.11 Å². The maximum atomic E-state index is 10.5. The summed E-state index contributed by atoms with van der Waals surface area (Å²) in [4.78, 5) is 13.1. The zero-order valence-electron chi connectivity index (χ0n) is 4.84. The van der Waals surface area contributed by atoms with Crippen molar-refractivity contribution in [3.05, 3.63) is 12.2 Å². The van der Waals surface area contributed by atoms with E-state index in [1.807, 2.05) is 0 Å². The first-order chi connectivity index (χ1) is 4.34. The second-order valence-electron chi connectivity index (χ2n) is 1.38. The molecule has 0 radical (unpaired) electrons. The normalized spacial score (nSPS) is 9.00. The Balaban J connectivity index is 2.77. The monoisotopic (exact) mass is 128 g/mol. The summed E-state index contributed by atoms with van der Waals surface area (Å²) in [6.07, 6.45) is 1.37. The van der Waals surface area contributed by atoms with Crippen LogP contribution in [-0.4, -0.2) is 23.3 Å². The van der Waals surface area contributed by atoms with Gasteiger partial charge >= 0.3 is 11.8 Å². The van der Waals surface area contributed by atoms with Crippen molar-refractivity contribution in [2.24, 2.45) is 0 Å². The number of carbonyl (C=O) groups excluding carboxylic acids is 1. The average molecular weight is 128 g/mol. The molecule has 2 N–H and O–H groups in total. The van der Waals surface area contributed by atoms with Crippen molar-refractivity contribution < 1.29 is 14.5 Å². The lowest BCUT2D eigenvalue weighted by Gasteiger charge is -1.85. The van der Waals surface area contributed by atoms with E-state index in [4.69, 9.17) is 0 Å². The lowest BCUT2D eigenvalue weighted by molar-refractivity contribution is -0.383. The molecular weight excluding hydrogens is 122 g/mol. The molecule has 9 heavy (non-hydrogen) atoms. The van der Waals surface area contributed by atoms with Crippen LogP contribution < -0.4 is 4.98 Å². The SMILES string of the molecule is COC(=O)c1[nH]nc[nH+]1. The molecule has 0 aliphatic rings. The van der Waals surface area contributed by atoms with Crippen LogP contribution in [0.2, 0.25) is 0 Å². The van der Waals surface area contributed by atoms with Gasteiger partial charge in [0.2, 0.25) is 0 Å². The van der Waals surface area contributed by atoms with E-state index in [1.165, 1.54) is 13.4 Å². The molecular formula is C4H6N3O2+. The number of rotatable bonds is 1.